The van der Waals surface area contributed by atoms with Crippen molar-refractivity contribution in [3.8, 4) is 0 Å². The van der Waals surface area contributed by atoms with Crippen LogP contribution < -0.4 is 5.32 Å². The minimum Gasteiger partial charge on any atom is -0.484 e. The summed E-state index contributed by atoms with van der Waals surface area (Å²) < 4.78 is 10.4. The fourth-order valence-electron chi connectivity index (χ4n) is 1.57. The topological polar surface area (TPSA) is 42.9 Å². The van der Waals surface area contributed by atoms with Crippen molar-refractivity contribution in [2.24, 2.45) is 4.99 Å². The van der Waals surface area contributed by atoms with Crippen LogP contribution in [0.5, 0.6) is 0 Å². The summed E-state index contributed by atoms with van der Waals surface area (Å²) in [5.41, 5.74) is 0.0217. The number of rotatable bonds is 6. The Bertz CT molecular complexity index is 236. The van der Waals surface area contributed by atoms with Gasteiger partial charge in [-0.15, -0.1) is 0 Å². The third-order valence-electron chi connectivity index (χ3n) is 2.47. The number of hydrogen-bond donors (Lipinski definition) is 1. The second-order valence-electron chi connectivity index (χ2n) is 3.79. The summed E-state index contributed by atoms with van der Waals surface area (Å²) in [6.07, 6.45) is 3.38. The fraction of sp³-hybridized carbons (Fsp3) is 0.800. The fourth-order valence-corrected chi connectivity index (χ4v) is 1.57. The molecule has 1 saturated heterocycles. The van der Waals surface area contributed by atoms with Gasteiger partial charge in [0.15, 0.2) is 5.90 Å². The van der Waals surface area contributed by atoms with Crippen LogP contribution in [-0.2, 0) is 9.47 Å². The highest BCUT2D eigenvalue weighted by molar-refractivity contribution is 5.78. The highest BCUT2D eigenvalue weighted by Gasteiger charge is 2.39. The standard InChI is InChI=1S/C11H20N2O2.2C2H6/c1-4-6-13-11(8-15-9-11)7-10(14-3)12-5-2;2*1-2/h5,13H,2,4,6-9H2,1,3H3;2*1-2H3. The quantitative estimate of drug-likeness (QED) is 0.595. The van der Waals surface area contributed by atoms with Crippen LogP contribution in [0.2, 0.25) is 0 Å². The summed E-state index contributed by atoms with van der Waals surface area (Å²) >= 11 is 0. The SMILES string of the molecule is C=CN=C(CC1(NCCC)COC1)OC.CC.CC. The molecule has 1 heterocycles. The Kier molecular flexibility index (Phi) is 14.6. The summed E-state index contributed by atoms with van der Waals surface area (Å²) in [7, 11) is 1.63. The van der Waals surface area contributed by atoms with Gasteiger partial charge in [-0.05, 0) is 13.0 Å². The van der Waals surface area contributed by atoms with E-state index in [1.807, 2.05) is 27.7 Å². The Hall–Kier alpha value is -0.870. The smallest absolute Gasteiger partial charge is 0.189 e. The van der Waals surface area contributed by atoms with Gasteiger partial charge < -0.3 is 14.8 Å². The van der Waals surface area contributed by atoms with E-state index in [0.717, 1.165) is 32.6 Å². The molecule has 0 atom stereocenters. The van der Waals surface area contributed by atoms with Crippen LogP contribution in [0.25, 0.3) is 0 Å². The maximum Gasteiger partial charge on any atom is 0.189 e. The molecule has 0 aromatic heterocycles. The number of ether oxygens (including phenoxy) is 2. The number of hydrogen-bond acceptors (Lipinski definition) is 4. The van der Waals surface area contributed by atoms with E-state index in [1.54, 1.807) is 7.11 Å². The Morgan fingerprint density at radius 1 is 1.37 bits per heavy atom. The molecule has 0 spiro atoms. The molecule has 1 aliphatic rings. The first kappa shape index (κ1) is 20.4. The minimum atomic E-state index is 0.0217. The summed E-state index contributed by atoms with van der Waals surface area (Å²) in [6, 6.07) is 0. The molecule has 0 saturated carbocycles. The molecule has 0 radical (unpaired) electrons. The van der Waals surface area contributed by atoms with Crippen molar-refractivity contribution in [1.29, 1.82) is 0 Å². The van der Waals surface area contributed by atoms with E-state index in [-0.39, 0.29) is 5.54 Å². The van der Waals surface area contributed by atoms with Crippen molar-refractivity contribution < 1.29 is 9.47 Å². The number of aliphatic imine (C=N–C) groups is 1. The van der Waals surface area contributed by atoms with Crippen LogP contribution in [0, 0.1) is 0 Å². The summed E-state index contributed by atoms with van der Waals surface area (Å²) in [5, 5.41) is 3.49. The van der Waals surface area contributed by atoms with Gasteiger partial charge in [0.05, 0.1) is 25.9 Å². The van der Waals surface area contributed by atoms with Gasteiger partial charge in [0, 0.05) is 12.6 Å². The maximum absolute atomic E-state index is 5.26. The molecule has 1 aliphatic heterocycles. The molecular formula is C15H32N2O2. The van der Waals surface area contributed by atoms with Crippen molar-refractivity contribution in [3.05, 3.63) is 12.8 Å². The molecule has 1 fully saturated rings. The Balaban J connectivity index is 0. The normalized spacial score (nSPS) is 16.0. The van der Waals surface area contributed by atoms with Crippen LogP contribution in [0.3, 0.4) is 0 Å². The van der Waals surface area contributed by atoms with Crippen LogP contribution >= 0.6 is 0 Å². The zero-order valence-corrected chi connectivity index (χ0v) is 13.6. The van der Waals surface area contributed by atoms with Crippen LogP contribution in [-0.4, -0.2) is 38.3 Å². The molecule has 1 rings (SSSR count). The molecule has 114 valence electrons. The van der Waals surface area contributed by atoms with Crippen molar-refractivity contribution in [2.45, 2.75) is 53.0 Å². The third-order valence-corrected chi connectivity index (χ3v) is 2.47. The molecule has 0 amide bonds. The predicted octanol–water partition coefficient (Wildman–Crippen LogP) is 3.39. The summed E-state index contributed by atoms with van der Waals surface area (Å²) in [6.45, 7) is 16.2. The lowest BCUT2D eigenvalue weighted by Crippen LogP contribution is -2.61. The van der Waals surface area contributed by atoms with E-state index < -0.39 is 0 Å². The van der Waals surface area contributed by atoms with Crippen LogP contribution in [0.4, 0.5) is 0 Å². The van der Waals surface area contributed by atoms with E-state index in [2.05, 4.69) is 23.8 Å². The highest BCUT2D eigenvalue weighted by Crippen LogP contribution is 2.22. The lowest BCUT2D eigenvalue weighted by atomic mass is 9.92. The van der Waals surface area contributed by atoms with Gasteiger partial charge in [0.25, 0.3) is 0 Å². The Labute approximate surface area is 119 Å². The van der Waals surface area contributed by atoms with E-state index in [9.17, 15) is 0 Å². The third kappa shape index (κ3) is 8.01. The van der Waals surface area contributed by atoms with E-state index in [0.29, 0.717) is 5.90 Å². The lowest BCUT2D eigenvalue weighted by Gasteiger charge is -2.42. The monoisotopic (exact) mass is 272 g/mol. The van der Waals surface area contributed by atoms with E-state index in [1.165, 1.54) is 6.20 Å². The van der Waals surface area contributed by atoms with Gasteiger partial charge >= 0.3 is 0 Å². The van der Waals surface area contributed by atoms with Crippen molar-refractivity contribution >= 4 is 5.90 Å². The largest absolute Gasteiger partial charge is 0.484 e. The summed E-state index contributed by atoms with van der Waals surface area (Å²) in [4.78, 5) is 4.08. The zero-order valence-electron chi connectivity index (χ0n) is 13.6. The maximum atomic E-state index is 5.26. The van der Waals surface area contributed by atoms with E-state index >= 15 is 0 Å². The van der Waals surface area contributed by atoms with Gasteiger partial charge in [-0.3, -0.25) is 0 Å². The van der Waals surface area contributed by atoms with Crippen LogP contribution in [0.15, 0.2) is 17.8 Å². The van der Waals surface area contributed by atoms with Gasteiger partial charge in [0.1, 0.15) is 0 Å². The average Bonchev–Trinajstić information content (AvgIpc) is 2.45. The molecule has 0 bridgehead atoms. The highest BCUT2D eigenvalue weighted by atomic mass is 16.5. The van der Waals surface area contributed by atoms with Crippen molar-refractivity contribution in [3.63, 3.8) is 0 Å². The van der Waals surface area contributed by atoms with Crippen molar-refractivity contribution in [1.82, 2.24) is 5.32 Å². The van der Waals surface area contributed by atoms with Gasteiger partial charge in [-0.1, -0.05) is 41.2 Å². The molecule has 19 heavy (non-hydrogen) atoms. The molecule has 0 aliphatic carbocycles. The first-order valence-corrected chi connectivity index (χ1v) is 7.30. The van der Waals surface area contributed by atoms with E-state index in [4.69, 9.17) is 9.47 Å². The first-order chi connectivity index (χ1) is 9.26. The predicted molar refractivity (Wildman–Crippen MR) is 83.8 cm³/mol. The molecular weight excluding hydrogens is 240 g/mol. The molecule has 0 aromatic rings. The molecule has 0 unspecified atom stereocenters. The average molecular weight is 272 g/mol. The van der Waals surface area contributed by atoms with Crippen LogP contribution in [0.1, 0.15) is 47.5 Å². The van der Waals surface area contributed by atoms with Gasteiger partial charge in [-0.2, -0.15) is 0 Å². The molecule has 1 N–H and O–H groups in total. The molecule has 0 aromatic carbocycles. The van der Waals surface area contributed by atoms with Gasteiger partial charge in [-0.25, -0.2) is 4.99 Å². The second-order valence-corrected chi connectivity index (χ2v) is 3.79. The minimum absolute atomic E-state index is 0.0217. The molecule has 4 nitrogen and oxygen atoms in total. The number of nitrogens with zero attached hydrogens (tertiary/aromatic N) is 1. The Morgan fingerprint density at radius 2 is 1.95 bits per heavy atom. The summed E-state index contributed by atoms with van der Waals surface area (Å²) in [5.74, 6) is 0.705. The number of methoxy groups -OCH3 is 1. The van der Waals surface area contributed by atoms with Crippen molar-refractivity contribution in [2.75, 3.05) is 26.9 Å². The number of nitrogens with one attached hydrogen (secondary N) is 1. The lowest BCUT2D eigenvalue weighted by molar-refractivity contribution is -0.0718. The Morgan fingerprint density at radius 3 is 2.26 bits per heavy atom. The molecule has 4 heteroatoms. The first-order valence-electron chi connectivity index (χ1n) is 7.30. The zero-order chi connectivity index (χ0) is 15.1. The second kappa shape index (κ2) is 13.6. The van der Waals surface area contributed by atoms with Gasteiger partial charge in [0.2, 0.25) is 0 Å².